The molecule has 0 bridgehead atoms. The van der Waals surface area contributed by atoms with Crippen molar-refractivity contribution in [3.05, 3.63) is 106 Å². The molecule has 0 aliphatic heterocycles. The molecule has 0 fully saturated rings. The third-order valence-electron chi connectivity index (χ3n) is 9.04. The summed E-state index contributed by atoms with van der Waals surface area (Å²) in [5.41, 5.74) is 10.8. The molecule has 1 atom stereocenters. The van der Waals surface area contributed by atoms with Gasteiger partial charge in [-0.25, -0.2) is 0 Å². The first-order valence-corrected chi connectivity index (χ1v) is 15.9. The van der Waals surface area contributed by atoms with Gasteiger partial charge in [0, 0.05) is 5.92 Å². The van der Waals surface area contributed by atoms with Crippen molar-refractivity contribution in [1.29, 1.82) is 0 Å². The number of rotatable bonds is 12. The minimum atomic E-state index is 0.303. The average molecular weight is 541 g/mol. The Balaban J connectivity index is 1.76. The second kappa shape index (κ2) is 16.2. The maximum atomic E-state index is 2.44. The third-order valence-corrected chi connectivity index (χ3v) is 9.04. The number of hydrogen-bond donors (Lipinski definition) is 0. The van der Waals surface area contributed by atoms with Crippen LogP contribution in [0.25, 0.3) is 0 Å². The van der Waals surface area contributed by atoms with Crippen LogP contribution in [0.2, 0.25) is 0 Å². The molecule has 0 aromatic heterocycles. The molecule has 0 aromatic carbocycles. The van der Waals surface area contributed by atoms with E-state index in [2.05, 4.69) is 136 Å². The molecule has 0 saturated heterocycles. The molecule has 0 nitrogen and oxygen atoms in total. The predicted molar refractivity (Wildman–Crippen MR) is 182 cm³/mol. The molecule has 2 aliphatic rings. The van der Waals surface area contributed by atoms with Gasteiger partial charge in [-0.3, -0.25) is 0 Å². The molecule has 0 amide bonds. The molecule has 0 aromatic rings. The van der Waals surface area contributed by atoms with E-state index in [1.54, 1.807) is 5.57 Å². The predicted octanol–water partition coefficient (Wildman–Crippen LogP) is 12.9. The van der Waals surface area contributed by atoms with Crippen LogP contribution in [-0.2, 0) is 0 Å². The zero-order chi connectivity index (χ0) is 29.8. The first-order chi connectivity index (χ1) is 18.8. The monoisotopic (exact) mass is 540 g/mol. The summed E-state index contributed by atoms with van der Waals surface area (Å²) in [6.45, 7) is 23.1. The SMILES string of the molecule is CC1=CCCC(C)(C)[C@H]1/C=C/C(C)=C/CC/C(C)=C/CC/C=C(C)/C=C/C=C(C)/C=C/C1=C(C)CCCC1(C)C. The van der Waals surface area contributed by atoms with E-state index in [-0.39, 0.29) is 0 Å². The molecule has 0 N–H and O–H groups in total. The maximum Gasteiger partial charge on any atom is 0.00285 e. The summed E-state index contributed by atoms with van der Waals surface area (Å²) in [4.78, 5) is 0. The van der Waals surface area contributed by atoms with Crippen molar-refractivity contribution in [1.82, 2.24) is 0 Å². The Morgan fingerprint density at radius 2 is 1.50 bits per heavy atom. The minimum absolute atomic E-state index is 0.303. The zero-order valence-electron chi connectivity index (χ0n) is 27.8. The number of allylic oxidation sites excluding steroid dienone is 18. The summed E-state index contributed by atoms with van der Waals surface area (Å²) in [5, 5.41) is 0. The van der Waals surface area contributed by atoms with E-state index < -0.39 is 0 Å². The van der Waals surface area contributed by atoms with Crippen molar-refractivity contribution in [2.24, 2.45) is 16.7 Å². The highest BCUT2D eigenvalue weighted by Gasteiger charge is 2.30. The summed E-state index contributed by atoms with van der Waals surface area (Å²) >= 11 is 0. The van der Waals surface area contributed by atoms with E-state index in [1.807, 2.05) is 0 Å². The Kier molecular flexibility index (Phi) is 13.7. The van der Waals surface area contributed by atoms with Gasteiger partial charge in [0.15, 0.2) is 0 Å². The molecule has 0 unspecified atom stereocenters. The van der Waals surface area contributed by atoms with Gasteiger partial charge >= 0.3 is 0 Å². The molecule has 2 aliphatic carbocycles. The highest BCUT2D eigenvalue weighted by Crippen LogP contribution is 2.42. The lowest BCUT2D eigenvalue weighted by atomic mass is 9.68. The van der Waals surface area contributed by atoms with Crippen molar-refractivity contribution < 1.29 is 0 Å². The van der Waals surface area contributed by atoms with Crippen LogP contribution in [-0.4, -0.2) is 0 Å². The van der Waals surface area contributed by atoms with Gasteiger partial charge in [0.05, 0.1) is 0 Å². The quantitative estimate of drug-likeness (QED) is 0.131. The van der Waals surface area contributed by atoms with Crippen LogP contribution in [0.3, 0.4) is 0 Å². The fourth-order valence-corrected chi connectivity index (χ4v) is 6.27. The van der Waals surface area contributed by atoms with E-state index >= 15 is 0 Å². The molecule has 0 heteroatoms. The van der Waals surface area contributed by atoms with Crippen molar-refractivity contribution >= 4 is 0 Å². The van der Waals surface area contributed by atoms with Crippen LogP contribution < -0.4 is 0 Å². The first-order valence-electron chi connectivity index (χ1n) is 15.9. The molecular weight excluding hydrogens is 480 g/mol. The summed E-state index contributed by atoms with van der Waals surface area (Å²) in [7, 11) is 0. The van der Waals surface area contributed by atoms with E-state index in [0.717, 1.165) is 25.7 Å². The van der Waals surface area contributed by atoms with Crippen molar-refractivity contribution in [2.45, 2.75) is 127 Å². The van der Waals surface area contributed by atoms with Crippen molar-refractivity contribution in [2.75, 3.05) is 0 Å². The van der Waals surface area contributed by atoms with E-state index in [0.29, 0.717) is 16.7 Å². The molecule has 0 saturated carbocycles. The number of unbranched alkanes of at least 4 members (excludes halogenated alkanes) is 1. The van der Waals surface area contributed by atoms with Gasteiger partial charge in [-0.15, -0.1) is 0 Å². The lowest BCUT2D eigenvalue weighted by Crippen LogP contribution is -2.26. The number of hydrogen-bond acceptors (Lipinski definition) is 0. The van der Waals surface area contributed by atoms with Crippen LogP contribution in [0.5, 0.6) is 0 Å². The summed E-state index contributed by atoms with van der Waals surface area (Å²) < 4.78 is 0. The van der Waals surface area contributed by atoms with Crippen molar-refractivity contribution in [3.8, 4) is 0 Å². The topological polar surface area (TPSA) is 0 Å². The molecule has 0 radical (unpaired) electrons. The van der Waals surface area contributed by atoms with Crippen LogP contribution >= 0.6 is 0 Å². The fraction of sp³-hybridized carbons (Fsp3) is 0.550. The Hall–Kier alpha value is -2.34. The summed E-state index contributed by atoms with van der Waals surface area (Å²) in [6, 6.07) is 0. The van der Waals surface area contributed by atoms with Crippen LogP contribution in [0.1, 0.15) is 127 Å². The summed E-state index contributed by atoms with van der Waals surface area (Å²) in [6.07, 6.45) is 36.5. The van der Waals surface area contributed by atoms with Crippen LogP contribution in [0.4, 0.5) is 0 Å². The first kappa shape index (κ1) is 33.9. The van der Waals surface area contributed by atoms with Gasteiger partial charge in [0.25, 0.3) is 0 Å². The molecule has 2 rings (SSSR count). The smallest absolute Gasteiger partial charge is 0.00285 e. The van der Waals surface area contributed by atoms with Gasteiger partial charge in [0.1, 0.15) is 0 Å². The lowest BCUT2D eigenvalue weighted by molar-refractivity contribution is 0.255. The average Bonchev–Trinajstić information content (AvgIpc) is 2.85. The Morgan fingerprint density at radius 1 is 0.825 bits per heavy atom. The van der Waals surface area contributed by atoms with Gasteiger partial charge < -0.3 is 0 Å². The molecule has 0 spiro atoms. The van der Waals surface area contributed by atoms with E-state index in [9.17, 15) is 0 Å². The molecule has 40 heavy (non-hydrogen) atoms. The van der Waals surface area contributed by atoms with E-state index in [4.69, 9.17) is 0 Å². The highest BCUT2D eigenvalue weighted by molar-refractivity contribution is 5.37. The largest absolute Gasteiger partial charge is 0.0853 e. The maximum absolute atomic E-state index is 2.44. The Morgan fingerprint density at radius 3 is 2.20 bits per heavy atom. The fourth-order valence-electron chi connectivity index (χ4n) is 6.27. The summed E-state index contributed by atoms with van der Waals surface area (Å²) in [5.74, 6) is 0.565. The van der Waals surface area contributed by atoms with Crippen LogP contribution in [0.15, 0.2) is 106 Å². The second-order valence-electron chi connectivity index (χ2n) is 13.9. The van der Waals surface area contributed by atoms with Gasteiger partial charge in [0.2, 0.25) is 0 Å². The molecule has 220 valence electrons. The minimum Gasteiger partial charge on any atom is -0.0853 e. The van der Waals surface area contributed by atoms with Gasteiger partial charge in [-0.05, 0) is 116 Å². The van der Waals surface area contributed by atoms with Crippen molar-refractivity contribution in [3.63, 3.8) is 0 Å². The highest BCUT2D eigenvalue weighted by atomic mass is 14.3. The normalized spacial score (nSPS) is 23.1. The van der Waals surface area contributed by atoms with Gasteiger partial charge in [-0.1, -0.05) is 128 Å². The standard InChI is InChI=1S/C40H60/c1-31(19-13-21-33(3)25-27-37-35(5)23-15-29-39(37,7)8)17-11-12-18-32(2)20-14-22-34(4)26-28-38-36(6)24-16-30-40(38,9)10/h13,17-19,21-22,24-28,38H,11-12,14-16,20,23,29-30H2,1-10H3/b19-13+,27-25+,28-26+,31-17+,32-18+,33-21+,34-22+/t38-/m0/s1. The van der Waals surface area contributed by atoms with E-state index in [1.165, 1.54) is 65.5 Å². The Bertz CT molecular complexity index is 1110. The zero-order valence-corrected chi connectivity index (χ0v) is 27.8. The third kappa shape index (κ3) is 11.6. The second-order valence-corrected chi connectivity index (χ2v) is 13.9. The molecule has 0 heterocycles. The Labute approximate surface area is 249 Å². The lowest BCUT2D eigenvalue weighted by Gasteiger charge is -2.36. The molecular formula is C40H60. The van der Waals surface area contributed by atoms with Gasteiger partial charge in [-0.2, -0.15) is 0 Å². The van der Waals surface area contributed by atoms with Crippen LogP contribution in [0, 0.1) is 16.7 Å².